The third kappa shape index (κ3) is 5.24. The molecule has 0 saturated carbocycles. The first-order valence-corrected chi connectivity index (χ1v) is 7.58. The van der Waals surface area contributed by atoms with Crippen LogP contribution in [0.4, 0.5) is 4.79 Å². The van der Waals surface area contributed by atoms with E-state index in [9.17, 15) is 9.59 Å². The highest BCUT2D eigenvalue weighted by Crippen LogP contribution is 2.10. The van der Waals surface area contributed by atoms with Crippen LogP contribution in [0.1, 0.15) is 18.1 Å². The Bertz CT molecular complexity index is 658. The average Bonchev–Trinajstić information content (AvgIpc) is 2.62. The molecule has 124 valence electrons. The Kier molecular flexibility index (Phi) is 6.52. The van der Waals surface area contributed by atoms with Gasteiger partial charge in [0.25, 0.3) is 0 Å². The fraction of sp³-hybridized carbons (Fsp3) is 0.167. The second-order valence-corrected chi connectivity index (χ2v) is 4.79. The Morgan fingerprint density at radius 1 is 0.958 bits per heavy atom. The molecule has 0 heterocycles. The number of nitrogens with one attached hydrogen (secondary N) is 2. The van der Waals surface area contributed by atoms with E-state index in [1.165, 1.54) is 0 Å². The highest BCUT2D eigenvalue weighted by Gasteiger charge is 2.08. The third-order valence-electron chi connectivity index (χ3n) is 3.06. The summed E-state index contributed by atoms with van der Waals surface area (Å²) in [6, 6.07) is 18.5. The summed E-state index contributed by atoms with van der Waals surface area (Å²) in [5, 5.41) is 6.58. The molecule has 2 N–H and O–H groups in total. The standard InChI is InChI=1S/C18H19N3O3/c1-2-24-16(22)13-19-18(23)21-20-17(14-9-5-3-6-10-14)15-11-7-4-8-12-15/h3-12H,2,13H2,1H3,(H2,19,21,23). The van der Waals surface area contributed by atoms with E-state index in [0.29, 0.717) is 5.71 Å². The zero-order chi connectivity index (χ0) is 17.2. The van der Waals surface area contributed by atoms with E-state index < -0.39 is 12.0 Å². The molecule has 0 aliphatic carbocycles. The fourth-order valence-corrected chi connectivity index (χ4v) is 2.00. The SMILES string of the molecule is CCOC(=O)CNC(=O)NN=C(c1ccccc1)c1ccccc1. The van der Waals surface area contributed by atoms with Gasteiger partial charge in [-0.1, -0.05) is 60.7 Å². The molecule has 2 aromatic carbocycles. The first kappa shape index (κ1) is 17.2. The molecule has 2 rings (SSSR count). The maximum absolute atomic E-state index is 11.8. The molecular formula is C18H19N3O3. The summed E-state index contributed by atoms with van der Waals surface area (Å²) in [6.45, 7) is 1.77. The minimum atomic E-state index is -0.576. The van der Waals surface area contributed by atoms with Crippen LogP contribution in [0.25, 0.3) is 0 Å². The number of amides is 2. The van der Waals surface area contributed by atoms with Crippen molar-refractivity contribution in [3.8, 4) is 0 Å². The summed E-state index contributed by atoms with van der Waals surface area (Å²) in [4.78, 5) is 23.0. The number of benzene rings is 2. The van der Waals surface area contributed by atoms with E-state index in [1.807, 2.05) is 60.7 Å². The lowest BCUT2D eigenvalue weighted by Crippen LogP contribution is -2.37. The molecule has 24 heavy (non-hydrogen) atoms. The number of carbonyl (C=O) groups is 2. The van der Waals surface area contributed by atoms with Crippen LogP contribution in [-0.2, 0) is 9.53 Å². The molecular weight excluding hydrogens is 306 g/mol. The van der Waals surface area contributed by atoms with Crippen molar-refractivity contribution in [3.05, 3.63) is 71.8 Å². The third-order valence-corrected chi connectivity index (χ3v) is 3.06. The number of rotatable bonds is 6. The van der Waals surface area contributed by atoms with Gasteiger partial charge in [0.2, 0.25) is 0 Å². The molecule has 2 amide bonds. The molecule has 0 unspecified atom stereocenters. The summed E-state index contributed by atoms with van der Waals surface area (Å²) in [5.41, 5.74) is 4.77. The molecule has 6 heteroatoms. The second-order valence-electron chi connectivity index (χ2n) is 4.79. The predicted octanol–water partition coefficient (Wildman–Crippen LogP) is 2.30. The Morgan fingerprint density at radius 2 is 1.50 bits per heavy atom. The summed E-state index contributed by atoms with van der Waals surface area (Å²) in [6.07, 6.45) is 0. The van der Waals surface area contributed by atoms with Gasteiger partial charge in [0.1, 0.15) is 6.54 Å². The van der Waals surface area contributed by atoms with E-state index in [4.69, 9.17) is 4.74 Å². The van der Waals surface area contributed by atoms with Gasteiger partial charge < -0.3 is 10.1 Å². The van der Waals surface area contributed by atoms with Crippen LogP contribution in [0.15, 0.2) is 65.8 Å². The maximum Gasteiger partial charge on any atom is 0.335 e. The molecule has 0 bridgehead atoms. The predicted molar refractivity (Wildman–Crippen MR) is 91.7 cm³/mol. The minimum Gasteiger partial charge on any atom is -0.465 e. The first-order valence-electron chi connectivity index (χ1n) is 7.58. The zero-order valence-electron chi connectivity index (χ0n) is 13.4. The van der Waals surface area contributed by atoms with E-state index in [-0.39, 0.29) is 13.2 Å². The Morgan fingerprint density at radius 3 is 2.00 bits per heavy atom. The maximum atomic E-state index is 11.8. The Labute approximate surface area is 140 Å². The van der Waals surface area contributed by atoms with Crippen LogP contribution in [0.2, 0.25) is 0 Å². The largest absolute Gasteiger partial charge is 0.465 e. The second kappa shape index (κ2) is 9.09. The highest BCUT2D eigenvalue weighted by molar-refractivity contribution is 6.13. The number of hydrazone groups is 1. The van der Waals surface area contributed by atoms with Crippen molar-refractivity contribution in [2.24, 2.45) is 5.10 Å². The lowest BCUT2D eigenvalue weighted by molar-refractivity contribution is -0.141. The number of hydrogen-bond acceptors (Lipinski definition) is 4. The number of nitrogens with zero attached hydrogens (tertiary/aromatic N) is 1. The summed E-state index contributed by atoms with van der Waals surface area (Å²) >= 11 is 0. The molecule has 0 aliphatic rings. The van der Waals surface area contributed by atoms with Crippen LogP contribution >= 0.6 is 0 Å². The molecule has 0 radical (unpaired) electrons. The van der Waals surface area contributed by atoms with Crippen molar-refractivity contribution >= 4 is 17.7 Å². The van der Waals surface area contributed by atoms with Gasteiger partial charge in [0.15, 0.2) is 0 Å². The van der Waals surface area contributed by atoms with E-state index in [0.717, 1.165) is 11.1 Å². The summed E-state index contributed by atoms with van der Waals surface area (Å²) in [7, 11) is 0. The van der Waals surface area contributed by atoms with E-state index in [2.05, 4.69) is 15.8 Å². The van der Waals surface area contributed by atoms with Crippen LogP contribution in [0, 0.1) is 0 Å². The van der Waals surface area contributed by atoms with Gasteiger partial charge >= 0.3 is 12.0 Å². The van der Waals surface area contributed by atoms with Gasteiger partial charge in [-0.2, -0.15) is 5.10 Å². The van der Waals surface area contributed by atoms with Crippen LogP contribution in [-0.4, -0.2) is 30.9 Å². The monoisotopic (exact) mass is 325 g/mol. The fourth-order valence-electron chi connectivity index (χ4n) is 2.00. The number of esters is 1. The van der Waals surface area contributed by atoms with Crippen LogP contribution in [0.5, 0.6) is 0 Å². The van der Waals surface area contributed by atoms with Crippen LogP contribution in [0.3, 0.4) is 0 Å². The number of carbonyl (C=O) groups excluding carboxylic acids is 2. The Hall–Kier alpha value is -3.15. The van der Waals surface area contributed by atoms with Crippen molar-refractivity contribution in [1.82, 2.24) is 10.7 Å². The molecule has 0 atom stereocenters. The molecule has 0 aromatic heterocycles. The summed E-state index contributed by atoms with van der Waals surface area (Å²) < 4.78 is 4.74. The van der Waals surface area contributed by atoms with Gasteiger partial charge in [-0.25, -0.2) is 10.2 Å². The van der Waals surface area contributed by atoms with E-state index >= 15 is 0 Å². The smallest absolute Gasteiger partial charge is 0.335 e. The van der Waals surface area contributed by atoms with Crippen LogP contribution < -0.4 is 10.7 Å². The van der Waals surface area contributed by atoms with Crippen molar-refractivity contribution in [1.29, 1.82) is 0 Å². The van der Waals surface area contributed by atoms with Crippen molar-refractivity contribution in [2.75, 3.05) is 13.2 Å². The molecule has 2 aromatic rings. The lowest BCUT2D eigenvalue weighted by atomic mass is 10.0. The molecule has 0 fully saturated rings. The van der Waals surface area contributed by atoms with Gasteiger partial charge in [-0.15, -0.1) is 0 Å². The van der Waals surface area contributed by atoms with Gasteiger partial charge in [-0.3, -0.25) is 4.79 Å². The topological polar surface area (TPSA) is 79.8 Å². The highest BCUT2D eigenvalue weighted by atomic mass is 16.5. The van der Waals surface area contributed by atoms with Gasteiger partial charge in [0, 0.05) is 11.1 Å². The molecule has 0 spiro atoms. The average molecular weight is 325 g/mol. The van der Waals surface area contributed by atoms with Crippen molar-refractivity contribution in [3.63, 3.8) is 0 Å². The molecule has 6 nitrogen and oxygen atoms in total. The number of urea groups is 1. The summed E-state index contributed by atoms with van der Waals surface area (Å²) in [5.74, 6) is -0.497. The zero-order valence-corrected chi connectivity index (χ0v) is 13.4. The van der Waals surface area contributed by atoms with Crippen molar-refractivity contribution in [2.45, 2.75) is 6.92 Å². The first-order chi connectivity index (χ1) is 11.7. The Balaban J connectivity index is 2.09. The number of hydrogen-bond donors (Lipinski definition) is 2. The van der Waals surface area contributed by atoms with Gasteiger partial charge in [0.05, 0.1) is 12.3 Å². The minimum absolute atomic E-state index is 0.207. The van der Waals surface area contributed by atoms with E-state index in [1.54, 1.807) is 6.92 Å². The quantitative estimate of drug-likeness (QED) is 0.486. The normalized spacial score (nSPS) is 9.71. The number of ether oxygens (including phenoxy) is 1. The lowest BCUT2D eigenvalue weighted by Gasteiger charge is -2.08. The van der Waals surface area contributed by atoms with Gasteiger partial charge in [-0.05, 0) is 6.92 Å². The van der Waals surface area contributed by atoms with Crippen molar-refractivity contribution < 1.29 is 14.3 Å². The molecule has 0 saturated heterocycles. The molecule has 0 aliphatic heterocycles.